The number of Topliss-reactive ketones (excluding diaryl/α,β-unsaturated/α-hetero) is 1. The fourth-order valence-electron chi connectivity index (χ4n) is 2.70. The molecule has 2 aromatic carbocycles. The molecule has 1 heterocycles. The molecule has 0 saturated carbocycles. The second-order valence-corrected chi connectivity index (χ2v) is 5.75. The van der Waals surface area contributed by atoms with E-state index in [1.165, 1.54) is 0 Å². The monoisotopic (exact) mass is 319 g/mol. The molecule has 2 N–H and O–H groups in total. The SMILES string of the molecule is CCCC(=O)c1ccc(NC(c2ccccc2)c2ccn[nH]2)cc1. The first-order valence-corrected chi connectivity index (χ1v) is 8.22. The van der Waals surface area contributed by atoms with E-state index in [4.69, 9.17) is 0 Å². The second kappa shape index (κ2) is 7.59. The number of aromatic nitrogens is 2. The topological polar surface area (TPSA) is 57.8 Å². The zero-order valence-electron chi connectivity index (χ0n) is 13.7. The normalized spacial score (nSPS) is 11.9. The van der Waals surface area contributed by atoms with Crippen molar-refractivity contribution in [3.8, 4) is 0 Å². The highest BCUT2D eigenvalue weighted by molar-refractivity contribution is 5.96. The number of benzene rings is 2. The minimum atomic E-state index is -0.0223. The Hall–Kier alpha value is -2.88. The maximum Gasteiger partial charge on any atom is 0.162 e. The van der Waals surface area contributed by atoms with Crippen molar-refractivity contribution in [1.29, 1.82) is 0 Å². The van der Waals surface area contributed by atoms with Gasteiger partial charge in [-0.3, -0.25) is 9.89 Å². The molecule has 122 valence electrons. The van der Waals surface area contributed by atoms with Gasteiger partial charge < -0.3 is 5.32 Å². The van der Waals surface area contributed by atoms with Crippen molar-refractivity contribution in [1.82, 2.24) is 10.2 Å². The summed E-state index contributed by atoms with van der Waals surface area (Å²) in [4.78, 5) is 12.0. The van der Waals surface area contributed by atoms with Crippen LogP contribution in [0.4, 0.5) is 5.69 Å². The Morgan fingerprint density at radius 2 is 1.83 bits per heavy atom. The molecule has 0 fully saturated rings. The standard InChI is InChI=1S/C20H21N3O/c1-2-6-19(24)15-9-11-17(12-10-15)22-20(18-13-14-21-23-18)16-7-4-3-5-8-16/h3-5,7-14,20,22H,2,6H2,1H3,(H,21,23). The second-order valence-electron chi connectivity index (χ2n) is 5.75. The number of nitrogens with zero attached hydrogens (tertiary/aromatic N) is 1. The van der Waals surface area contributed by atoms with Gasteiger partial charge in [-0.2, -0.15) is 5.10 Å². The van der Waals surface area contributed by atoms with Crippen LogP contribution in [0.25, 0.3) is 0 Å². The molecule has 24 heavy (non-hydrogen) atoms. The molecule has 0 aliphatic carbocycles. The van der Waals surface area contributed by atoms with Crippen LogP contribution < -0.4 is 5.32 Å². The van der Waals surface area contributed by atoms with E-state index in [1.807, 2.05) is 55.5 Å². The van der Waals surface area contributed by atoms with Gasteiger partial charge in [0.25, 0.3) is 0 Å². The van der Waals surface area contributed by atoms with E-state index in [0.717, 1.165) is 28.9 Å². The number of carbonyl (C=O) groups excluding carboxylic acids is 1. The number of ketones is 1. The van der Waals surface area contributed by atoms with Gasteiger partial charge in [-0.05, 0) is 42.3 Å². The van der Waals surface area contributed by atoms with E-state index in [2.05, 4.69) is 27.6 Å². The third-order valence-electron chi connectivity index (χ3n) is 3.96. The smallest absolute Gasteiger partial charge is 0.162 e. The molecule has 0 aliphatic heterocycles. The molecule has 4 heteroatoms. The van der Waals surface area contributed by atoms with Crippen molar-refractivity contribution in [2.45, 2.75) is 25.8 Å². The first-order chi connectivity index (χ1) is 11.8. The number of carbonyl (C=O) groups is 1. The summed E-state index contributed by atoms with van der Waals surface area (Å²) in [5.74, 6) is 0.192. The van der Waals surface area contributed by atoms with Crippen molar-refractivity contribution >= 4 is 11.5 Å². The highest BCUT2D eigenvalue weighted by Gasteiger charge is 2.15. The van der Waals surface area contributed by atoms with Gasteiger partial charge in [0, 0.05) is 23.9 Å². The molecule has 0 bridgehead atoms. The molecule has 4 nitrogen and oxygen atoms in total. The van der Waals surface area contributed by atoms with Crippen LogP contribution >= 0.6 is 0 Å². The Bertz CT molecular complexity index is 764. The molecule has 0 saturated heterocycles. The van der Waals surface area contributed by atoms with Crippen LogP contribution in [-0.2, 0) is 0 Å². The Morgan fingerprint density at radius 3 is 2.46 bits per heavy atom. The summed E-state index contributed by atoms with van der Waals surface area (Å²) in [6.45, 7) is 2.02. The summed E-state index contributed by atoms with van der Waals surface area (Å²) < 4.78 is 0. The van der Waals surface area contributed by atoms with E-state index in [1.54, 1.807) is 6.20 Å². The average Bonchev–Trinajstić information content (AvgIpc) is 3.15. The number of hydrogen-bond donors (Lipinski definition) is 2. The molecule has 0 amide bonds. The zero-order valence-corrected chi connectivity index (χ0v) is 13.7. The lowest BCUT2D eigenvalue weighted by Crippen LogP contribution is -2.13. The van der Waals surface area contributed by atoms with E-state index in [0.29, 0.717) is 6.42 Å². The molecular formula is C20H21N3O. The van der Waals surface area contributed by atoms with Gasteiger partial charge in [0.05, 0.1) is 11.7 Å². The van der Waals surface area contributed by atoms with Gasteiger partial charge in [-0.15, -0.1) is 0 Å². The summed E-state index contributed by atoms with van der Waals surface area (Å²) in [7, 11) is 0. The van der Waals surface area contributed by atoms with Crippen LogP contribution in [-0.4, -0.2) is 16.0 Å². The number of aromatic amines is 1. The van der Waals surface area contributed by atoms with Crippen molar-refractivity contribution < 1.29 is 4.79 Å². The fourth-order valence-corrected chi connectivity index (χ4v) is 2.70. The molecule has 1 unspecified atom stereocenters. The Balaban J connectivity index is 1.82. The largest absolute Gasteiger partial charge is 0.373 e. The maximum absolute atomic E-state index is 12.0. The van der Waals surface area contributed by atoms with Gasteiger partial charge in [0.15, 0.2) is 5.78 Å². The maximum atomic E-state index is 12.0. The van der Waals surface area contributed by atoms with E-state index < -0.39 is 0 Å². The minimum absolute atomic E-state index is 0.0223. The predicted octanol–water partition coefficient (Wildman–Crippen LogP) is 4.59. The third-order valence-corrected chi connectivity index (χ3v) is 3.96. The van der Waals surface area contributed by atoms with Crippen molar-refractivity contribution in [2.24, 2.45) is 0 Å². The fraction of sp³-hybridized carbons (Fsp3) is 0.200. The van der Waals surface area contributed by atoms with Gasteiger partial charge >= 0.3 is 0 Å². The lowest BCUT2D eigenvalue weighted by atomic mass is 10.0. The number of anilines is 1. The molecule has 3 aromatic rings. The van der Waals surface area contributed by atoms with E-state index in [-0.39, 0.29) is 11.8 Å². The highest BCUT2D eigenvalue weighted by Crippen LogP contribution is 2.25. The lowest BCUT2D eigenvalue weighted by Gasteiger charge is -2.19. The minimum Gasteiger partial charge on any atom is -0.373 e. The summed E-state index contributed by atoms with van der Waals surface area (Å²) in [5, 5.41) is 10.6. The van der Waals surface area contributed by atoms with Gasteiger partial charge in [-0.25, -0.2) is 0 Å². The van der Waals surface area contributed by atoms with Crippen molar-refractivity contribution in [2.75, 3.05) is 5.32 Å². The Morgan fingerprint density at radius 1 is 1.08 bits per heavy atom. The van der Waals surface area contributed by atoms with Crippen molar-refractivity contribution in [3.05, 3.63) is 83.7 Å². The molecule has 1 aromatic heterocycles. The first-order valence-electron chi connectivity index (χ1n) is 8.22. The zero-order chi connectivity index (χ0) is 16.8. The third kappa shape index (κ3) is 3.71. The summed E-state index contributed by atoms with van der Waals surface area (Å²) in [5.41, 5.74) is 3.87. The van der Waals surface area contributed by atoms with Gasteiger partial charge in [0.2, 0.25) is 0 Å². The van der Waals surface area contributed by atoms with Crippen LogP contribution in [0, 0.1) is 0 Å². The number of H-pyrrole nitrogens is 1. The van der Waals surface area contributed by atoms with Crippen LogP contribution in [0.15, 0.2) is 66.9 Å². The van der Waals surface area contributed by atoms with Crippen LogP contribution in [0.3, 0.4) is 0 Å². The molecule has 0 spiro atoms. The number of rotatable bonds is 7. The number of hydrogen-bond acceptors (Lipinski definition) is 3. The van der Waals surface area contributed by atoms with Gasteiger partial charge in [0.1, 0.15) is 0 Å². The van der Waals surface area contributed by atoms with Crippen molar-refractivity contribution in [3.63, 3.8) is 0 Å². The molecule has 3 rings (SSSR count). The molecular weight excluding hydrogens is 298 g/mol. The predicted molar refractivity (Wildman–Crippen MR) is 96.2 cm³/mol. The first kappa shape index (κ1) is 16.0. The van der Waals surface area contributed by atoms with Gasteiger partial charge in [-0.1, -0.05) is 37.3 Å². The highest BCUT2D eigenvalue weighted by atomic mass is 16.1. The van der Waals surface area contributed by atoms with Crippen LogP contribution in [0.2, 0.25) is 0 Å². The molecule has 0 radical (unpaired) electrons. The lowest BCUT2D eigenvalue weighted by molar-refractivity contribution is 0.0982. The summed E-state index contributed by atoms with van der Waals surface area (Å²) in [6, 6.07) is 19.8. The summed E-state index contributed by atoms with van der Waals surface area (Å²) >= 11 is 0. The number of nitrogens with one attached hydrogen (secondary N) is 2. The Kier molecular flexibility index (Phi) is 5.06. The van der Waals surface area contributed by atoms with E-state index in [9.17, 15) is 4.79 Å². The van der Waals surface area contributed by atoms with Crippen LogP contribution in [0.1, 0.15) is 47.4 Å². The van der Waals surface area contributed by atoms with E-state index >= 15 is 0 Å². The van der Waals surface area contributed by atoms with Crippen LogP contribution in [0.5, 0.6) is 0 Å². The average molecular weight is 319 g/mol. The molecule has 1 atom stereocenters. The quantitative estimate of drug-likeness (QED) is 0.626. The summed E-state index contributed by atoms with van der Waals surface area (Å²) in [6.07, 6.45) is 3.21. The Labute approximate surface area is 141 Å². The molecule has 0 aliphatic rings.